The molecule has 1 N–H and O–H groups in total. The van der Waals surface area contributed by atoms with Gasteiger partial charge in [0.2, 0.25) is 21.8 Å². The summed E-state index contributed by atoms with van der Waals surface area (Å²) in [4.78, 5) is 28.1. The number of ether oxygens (including phenoxy) is 2. The predicted molar refractivity (Wildman–Crippen MR) is 139 cm³/mol. The van der Waals surface area contributed by atoms with Crippen molar-refractivity contribution in [1.82, 2.24) is 10.2 Å². The fraction of sp³-hybridized carbons (Fsp3) is 0.440. The highest BCUT2D eigenvalue weighted by molar-refractivity contribution is 7.92. The van der Waals surface area contributed by atoms with Gasteiger partial charge in [0.05, 0.1) is 11.9 Å². The van der Waals surface area contributed by atoms with Gasteiger partial charge in [-0.15, -0.1) is 0 Å². The van der Waals surface area contributed by atoms with E-state index in [0.29, 0.717) is 48.3 Å². The van der Waals surface area contributed by atoms with Crippen LogP contribution in [0.5, 0.6) is 11.5 Å². The van der Waals surface area contributed by atoms with Crippen molar-refractivity contribution in [1.29, 1.82) is 0 Å². The zero-order valence-electron chi connectivity index (χ0n) is 20.7. The van der Waals surface area contributed by atoms with E-state index in [4.69, 9.17) is 21.1 Å². The lowest BCUT2D eigenvalue weighted by Crippen LogP contribution is -2.52. The molecule has 2 aromatic carbocycles. The summed E-state index contributed by atoms with van der Waals surface area (Å²) >= 11 is 6.36. The Kier molecular flexibility index (Phi) is 9.44. The highest BCUT2D eigenvalue weighted by atomic mass is 35.5. The molecule has 196 valence electrons. The summed E-state index contributed by atoms with van der Waals surface area (Å²) < 4.78 is 37.6. The van der Waals surface area contributed by atoms with Gasteiger partial charge in [0.25, 0.3) is 0 Å². The molecule has 9 nitrogen and oxygen atoms in total. The van der Waals surface area contributed by atoms with Gasteiger partial charge in [0.15, 0.2) is 11.5 Å². The molecular weight excluding hydrogens is 506 g/mol. The topological polar surface area (TPSA) is 105 Å². The van der Waals surface area contributed by atoms with Gasteiger partial charge in [-0.2, -0.15) is 0 Å². The lowest BCUT2D eigenvalue weighted by atomic mass is 10.1. The van der Waals surface area contributed by atoms with Crippen LogP contribution in [0.4, 0.5) is 5.69 Å². The zero-order chi connectivity index (χ0) is 26.3. The number of amides is 2. The zero-order valence-corrected chi connectivity index (χ0v) is 22.3. The van der Waals surface area contributed by atoms with Crippen molar-refractivity contribution in [2.75, 3.05) is 36.9 Å². The largest absolute Gasteiger partial charge is 0.486 e. The molecular formula is C25H32ClN3O6S. The summed E-state index contributed by atoms with van der Waals surface area (Å²) in [5.41, 5.74) is 0.913. The number of nitrogens with zero attached hydrogens (tertiary/aromatic N) is 2. The van der Waals surface area contributed by atoms with Crippen LogP contribution in [-0.2, 0) is 26.2 Å². The Morgan fingerprint density at radius 2 is 1.78 bits per heavy atom. The molecule has 0 radical (unpaired) electrons. The maximum atomic E-state index is 13.7. The van der Waals surface area contributed by atoms with Gasteiger partial charge < -0.3 is 19.7 Å². The summed E-state index contributed by atoms with van der Waals surface area (Å²) in [5.74, 6) is 0.0700. The number of fused-ring (bicyclic) bond motifs is 1. The smallest absolute Gasteiger partial charge is 0.244 e. The van der Waals surface area contributed by atoms with Crippen LogP contribution in [-0.4, -0.2) is 63.7 Å². The Morgan fingerprint density at radius 3 is 2.42 bits per heavy atom. The first-order valence-electron chi connectivity index (χ1n) is 11.8. The molecule has 0 spiro atoms. The lowest BCUT2D eigenvalue weighted by Gasteiger charge is -2.33. The van der Waals surface area contributed by atoms with Crippen LogP contribution < -0.4 is 19.1 Å². The summed E-state index contributed by atoms with van der Waals surface area (Å²) in [7, 11) is -3.86. The Bertz CT molecular complexity index is 1190. The summed E-state index contributed by atoms with van der Waals surface area (Å²) in [5, 5.41) is 3.29. The Labute approximate surface area is 217 Å². The van der Waals surface area contributed by atoms with E-state index >= 15 is 0 Å². The first-order valence-corrected chi connectivity index (χ1v) is 14.1. The van der Waals surface area contributed by atoms with Crippen molar-refractivity contribution < 1.29 is 27.5 Å². The van der Waals surface area contributed by atoms with Gasteiger partial charge >= 0.3 is 0 Å². The highest BCUT2D eigenvalue weighted by Crippen LogP contribution is 2.34. The average molecular weight is 538 g/mol. The molecule has 0 aromatic heterocycles. The highest BCUT2D eigenvalue weighted by Gasteiger charge is 2.32. The number of carbonyl (C=O) groups excluding carboxylic acids is 2. The number of rotatable bonds is 11. The number of halogens is 1. The number of benzene rings is 2. The van der Waals surface area contributed by atoms with E-state index < -0.39 is 28.5 Å². The number of hydrogen-bond acceptors (Lipinski definition) is 6. The van der Waals surface area contributed by atoms with E-state index in [9.17, 15) is 18.0 Å². The number of nitrogens with one attached hydrogen (secondary N) is 1. The number of anilines is 1. The number of carbonyl (C=O) groups is 2. The van der Waals surface area contributed by atoms with E-state index in [1.54, 1.807) is 43.3 Å². The average Bonchev–Trinajstić information content (AvgIpc) is 2.85. The minimum Gasteiger partial charge on any atom is -0.486 e. The molecule has 0 saturated carbocycles. The van der Waals surface area contributed by atoms with Gasteiger partial charge in [-0.3, -0.25) is 13.9 Å². The monoisotopic (exact) mass is 537 g/mol. The minimum absolute atomic E-state index is 0.0509. The predicted octanol–water partition coefficient (Wildman–Crippen LogP) is 3.21. The van der Waals surface area contributed by atoms with Gasteiger partial charge in [-0.25, -0.2) is 8.42 Å². The van der Waals surface area contributed by atoms with Crippen molar-refractivity contribution in [3.8, 4) is 11.5 Å². The molecule has 0 aliphatic carbocycles. The van der Waals surface area contributed by atoms with Gasteiger partial charge in [-0.05, 0) is 36.6 Å². The Balaban J connectivity index is 1.95. The molecule has 0 saturated heterocycles. The van der Waals surface area contributed by atoms with Crippen molar-refractivity contribution >= 4 is 39.1 Å². The van der Waals surface area contributed by atoms with Crippen LogP contribution in [0, 0.1) is 0 Å². The van der Waals surface area contributed by atoms with Crippen molar-refractivity contribution in [2.24, 2.45) is 0 Å². The van der Waals surface area contributed by atoms with Gasteiger partial charge in [0, 0.05) is 24.2 Å². The normalized spacial score (nSPS) is 13.6. The second kappa shape index (κ2) is 12.3. The Hall–Kier alpha value is -2.98. The molecule has 2 aromatic rings. The van der Waals surface area contributed by atoms with E-state index in [1.807, 2.05) is 6.92 Å². The third-order valence-electron chi connectivity index (χ3n) is 5.73. The molecule has 36 heavy (non-hydrogen) atoms. The molecule has 3 rings (SSSR count). The number of hydrogen-bond donors (Lipinski definition) is 1. The molecule has 11 heteroatoms. The van der Waals surface area contributed by atoms with Gasteiger partial charge in [-0.1, -0.05) is 43.6 Å². The fourth-order valence-electron chi connectivity index (χ4n) is 3.90. The van der Waals surface area contributed by atoms with Crippen LogP contribution in [0.2, 0.25) is 5.02 Å². The fourth-order valence-corrected chi connectivity index (χ4v) is 4.93. The maximum absolute atomic E-state index is 13.7. The molecule has 0 bridgehead atoms. The molecule has 0 unspecified atom stereocenters. The first-order chi connectivity index (χ1) is 17.2. The molecule has 1 heterocycles. The quantitative estimate of drug-likeness (QED) is 0.472. The SMILES string of the molecule is CCCNC(=O)[C@@H](CC)N(Cc1ccccc1Cl)C(=O)CN(c1ccc2c(c1)OCCO2)S(C)(=O)=O. The summed E-state index contributed by atoms with van der Waals surface area (Å²) in [6.45, 7) is 4.50. The van der Waals surface area contributed by atoms with Crippen LogP contribution in [0.3, 0.4) is 0 Å². The minimum atomic E-state index is -3.86. The first kappa shape index (κ1) is 27.6. The molecule has 2 amide bonds. The second-order valence-corrected chi connectivity index (χ2v) is 10.7. The second-order valence-electron chi connectivity index (χ2n) is 8.43. The molecule has 1 atom stereocenters. The summed E-state index contributed by atoms with van der Waals surface area (Å²) in [6, 6.07) is 10.9. The lowest BCUT2D eigenvalue weighted by molar-refractivity contribution is -0.140. The van der Waals surface area contributed by atoms with E-state index in [2.05, 4.69) is 5.32 Å². The van der Waals surface area contributed by atoms with E-state index in [1.165, 1.54) is 11.0 Å². The van der Waals surface area contributed by atoms with Crippen LogP contribution in [0.15, 0.2) is 42.5 Å². The van der Waals surface area contributed by atoms with Crippen LogP contribution in [0.25, 0.3) is 0 Å². The van der Waals surface area contributed by atoms with E-state index in [-0.39, 0.29) is 18.1 Å². The third kappa shape index (κ3) is 6.82. The third-order valence-corrected chi connectivity index (χ3v) is 7.24. The Morgan fingerprint density at radius 1 is 1.08 bits per heavy atom. The molecule has 0 fully saturated rings. The van der Waals surface area contributed by atoms with Gasteiger partial charge in [0.1, 0.15) is 25.8 Å². The molecule has 1 aliphatic heterocycles. The standard InChI is InChI=1S/C25H32ClN3O6S/c1-4-12-27-25(31)21(5-2)28(16-18-8-6-7-9-20(18)26)24(30)17-29(36(3,32)33)19-10-11-22-23(15-19)35-14-13-34-22/h6-11,15,21H,4-5,12-14,16-17H2,1-3H3,(H,27,31)/t21-/m1/s1. The summed E-state index contributed by atoms with van der Waals surface area (Å²) in [6.07, 6.45) is 2.11. The van der Waals surface area contributed by atoms with Crippen molar-refractivity contribution in [3.63, 3.8) is 0 Å². The van der Waals surface area contributed by atoms with E-state index in [0.717, 1.165) is 17.0 Å². The number of sulfonamides is 1. The van der Waals surface area contributed by atoms with Crippen LogP contribution in [0.1, 0.15) is 32.3 Å². The van der Waals surface area contributed by atoms with Crippen LogP contribution >= 0.6 is 11.6 Å². The van der Waals surface area contributed by atoms with Crippen molar-refractivity contribution in [3.05, 3.63) is 53.1 Å². The van der Waals surface area contributed by atoms with Crippen molar-refractivity contribution in [2.45, 2.75) is 39.3 Å². The molecule has 1 aliphatic rings. The maximum Gasteiger partial charge on any atom is 0.244 e.